The second kappa shape index (κ2) is 9.94. The molecule has 192 valence electrons. The van der Waals surface area contributed by atoms with Gasteiger partial charge in [0.05, 0.1) is 30.1 Å². The van der Waals surface area contributed by atoms with Crippen molar-refractivity contribution in [3.05, 3.63) is 40.8 Å². The number of rotatable bonds is 7. The molecule has 1 aliphatic carbocycles. The Morgan fingerprint density at radius 2 is 1.92 bits per heavy atom. The summed E-state index contributed by atoms with van der Waals surface area (Å²) in [4.78, 5) is 22.3. The summed E-state index contributed by atoms with van der Waals surface area (Å²) in [7, 11) is 0. The molecular formula is C24H25F3N4O5. The fourth-order valence-corrected chi connectivity index (χ4v) is 4.43. The molecule has 0 radical (unpaired) electrons. The third-order valence-corrected chi connectivity index (χ3v) is 6.26. The van der Waals surface area contributed by atoms with E-state index in [1.165, 1.54) is 10.8 Å². The molecule has 0 amide bonds. The van der Waals surface area contributed by atoms with Crippen LogP contribution in [0.15, 0.2) is 35.3 Å². The van der Waals surface area contributed by atoms with E-state index in [4.69, 9.17) is 14.2 Å². The molecule has 5 rings (SSSR count). The van der Waals surface area contributed by atoms with Crippen molar-refractivity contribution in [3.63, 3.8) is 0 Å². The van der Waals surface area contributed by atoms with E-state index in [1.54, 1.807) is 24.3 Å². The van der Waals surface area contributed by atoms with Crippen molar-refractivity contribution in [2.24, 2.45) is 0 Å². The Balaban J connectivity index is 1.49. The fourth-order valence-electron chi connectivity index (χ4n) is 4.43. The van der Waals surface area contributed by atoms with Gasteiger partial charge in [-0.3, -0.25) is 9.78 Å². The van der Waals surface area contributed by atoms with E-state index < -0.39 is 18.3 Å². The van der Waals surface area contributed by atoms with Crippen LogP contribution in [0.1, 0.15) is 25.7 Å². The summed E-state index contributed by atoms with van der Waals surface area (Å²) in [5.74, 6) is 1.28. The molecule has 0 unspecified atom stereocenters. The summed E-state index contributed by atoms with van der Waals surface area (Å²) in [6.45, 7) is -1.68. The summed E-state index contributed by atoms with van der Waals surface area (Å²) in [5.41, 5.74) is 1.62. The fraction of sp³-hybridized carbons (Fsp3) is 0.458. The number of aliphatic hydroxyl groups excluding tert-OH is 1. The lowest BCUT2D eigenvalue weighted by Crippen LogP contribution is -2.34. The minimum absolute atomic E-state index is 0.0400. The topological polar surface area (TPSA) is 108 Å². The predicted molar refractivity (Wildman–Crippen MR) is 124 cm³/mol. The zero-order valence-electron chi connectivity index (χ0n) is 19.3. The van der Waals surface area contributed by atoms with Gasteiger partial charge in [0.2, 0.25) is 6.79 Å². The maximum absolute atomic E-state index is 13.4. The molecule has 0 atom stereocenters. The monoisotopic (exact) mass is 506 g/mol. The number of nitrogens with one attached hydrogen (secondary N) is 1. The molecule has 2 aromatic heterocycles. The zero-order valence-corrected chi connectivity index (χ0v) is 19.3. The van der Waals surface area contributed by atoms with E-state index in [1.807, 2.05) is 0 Å². The highest BCUT2D eigenvalue weighted by atomic mass is 19.4. The highest BCUT2D eigenvalue weighted by Crippen LogP contribution is 2.35. The first-order valence-electron chi connectivity index (χ1n) is 11.7. The molecule has 1 aliphatic heterocycles. The van der Waals surface area contributed by atoms with Crippen LogP contribution in [0.2, 0.25) is 0 Å². The van der Waals surface area contributed by atoms with Crippen molar-refractivity contribution in [2.45, 2.75) is 50.6 Å². The van der Waals surface area contributed by atoms with Crippen LogP contribution in [0.25, 0.3) is 22.3 Å². The minimum Gasteiger partial charge on any atom is -0.454 e. The second-order valence-electron chi connectivity index (χ2n) is 8.86. The Hall–Kier alpha value is -3.38. The number of ether oxygens (including phenoxy) is 3. The third kappa shape index (κ3) is 5.39. The van der Waals surface area contributed by atoms with Crippen LogP contribution >= 0.6 is 0 Å². The van der Waals surface area contributed by atoms with Crippen molar-refractivity contribution in [2.75, 3.05) is 25.3 Å². The molecule has 2 aliphatic rings. The summed E-state index contributed by atoms with van der Waals surface area (Å²) in [6.07, 6.45) is -0.700. The van der Waals surface area contributed by atoms with Crippen LogP contribution in [-0.4, -0.2) is 58.0 Å². The number of hydrogen-bond acceptors (Lipinski definition) is 8. The van der Waals surface area contributed by atoms with Gasteiger partial charge in [0.25, 0.3) is 5.56 Å². The molecule has 2 N–H and O–H groups in total. The number of fused-ring (bicyclic) bond motifs is 2. The van der Waals surface area contributed by atoms with Crippen LogP contribution in [0.4, 0.5) is 19.0 Å². The number of alkyl halides is 3. The Bertz CT molecular complexity index is 1310. The molecule has 1 fully saturated rings. The number of hydrogen-bond donors (Lipinski definition) is 2. The largest absolute Gasteiger partial charge is 0.454 e. The van der Waals surface area contributed by atoms with Crippen LogP contribution in [0.3, 0.4) is 0 Å². The quantitative estimate of drug-likeness (QED) is 0.469. The number of aromatic nitrogens is 3. The van der Waals surface area contributed by atoms with Crippen LogP contribution < -0.4 is 20.3 Å². The Kier molecular flexibility index (Phi) is 6.71. The Morgan fingerprint density at radius 1 is 1.14 bits per heavy atom. The number of nitrogens with zero attached hydrogens (tertiary/aromatic N) is 3. The van der Waals surface area contributed by atoms with E-state index in [9.17, 15) is 23.1 Å². The highest BCUT2D eigenvalue weighted by Gasteiger charge is 2.27. The van der Waals surface area contributed by atoms with E-state index in [0.717, 1.165) is 5.56 Å². The van der Waals surface area contributed by atoms with E-state index >= 15 is 0 Å². The number of pyridine rings is 1. The maximum Gasteiger partial charge on any atom is 0.411 e. The van der Waals surface area contributed by atoms with E-state index in [0.29, 0.717) is 53.9 Å². The average molecular weight is 506 g/mol. The molecule has 1 aromatic carbocycles. The van der Waals surface area contributed by atoms with Crippen LogP contribution in [-0.2, 0) is 11.3 Å². The van der Waals surface area contributed by atoms with Crippen LogP contribution in [0.5, 0.6) is 11.5 Å². The van der Waals surface area contributed by atoms with Gasteiger partial charge in [-0.15, -0.1) is 0 Å². The van der Waals surface area contributed by atoms with Gasteiger partial charge >= 0.3 is 6.18 Å². The highest BCUT2D eigenvalue weighted by molar-refractivity contribution is 5.80. The predicted octanol–water partition coefficient (Wildman–Crippen LogP) is 3.48. The van der Waals surface area contributed by atoms with Gasteiger partial charge in [0.15, 0.2) is 17.3 Å². The Morgan fingerprint density at radius 3 is 2.69 bits per heavy atom. The van der Waals surface area contributed by atoms with E-state index in [-0.39, 0.29) is 37.9 Å². The van der Waals surface area contributed by atoms with Crippen molar-refractivity contribution in [3.8, 4) is 22.8 Å². The molecular weight excluding hydrogens is 481 g/mol. The van der Waals surface area contributed by atoms with E-state index in [2.05, 4.69) is 15.3 Å². The zero-order chi connectivity index (χ0) is 25.3. The van der Waals surface area contributed by atoms with Gasteiger partial charge in [-0.05, 0) is 49.9 Å². The number of aliphatic hydroxyl groups is 1. The second-order valence-corrected chi connectivity index (χ2v) is 8.86. The lowest BCUT2D eigenvalue weighted by atomic mass is 9.93. The number of anilines is 1. The molecule has 12 heteroatoms. The summed E-state index contributed by atoms with van der Waals surface area (Å²) >= 11 is 0. The van der Waals surface area contributed by atoms with Gasteiger partial charge < -0.3 is 29.2 Å². The van der Waals surface area contributed by atoms with Crippen LogP contribution in [0, 0.1) is 0 Å². The minimum atomic E-state index is -4.46. The molecule has 0 spiro atoms. The first kappa shape index (κ1) is 24.3. The smallest absolute Gasteiger partial charge is 0.411 e. The summed E-state index contributed by atoms with van der Waals surface area (Å²) < 4.78 is 54.5. The summed E-state index contributed by atoms with van der Waals surface area (Å²) in [5, 5.41) is 12.9. The first-order valence-corrected chi connectivity index (χ1v) is 11.7. The molecule has 1 saturated carbocycles. The molecule has 9 nitrogen and oxygen atoms in total. The maximum atomic E-state index is 13.4. The third-order valence-electron chi connectivity index (χ3n) is 6.26. The van der Waals surface area contributed by atoms with Gasteiger partial charge in [-0.25, -0.2) is 4.98 Å². The Labute approximate surface area is 203 Å². The lowest BCUT2D eigenvalue weighted by Gasteiger charge is -2.26. The van der Waals surface area contributed by atoms with Crippen molar-refractivity contribution in [1.29, 1.82) is 0 Å². The molecule has 0 bridgehead atoms. The number of benzene rings is 1. The average Bonchev–Trinajstić information content (AvgIpc) is 3.32. The van der Waals surface area contributed by atoms with Gasteiger partial charge in [-0.2, -0.15) is 13.2 Å². The molecule has 3 aromatic rings. The number of halogens is 3. The molecule has 3 heterocycles. The molecule has 36 heavy (non-hydrogen) atoms. The standard InChI is InChI=1S/C24H25F3N4O5/c25-24(26,27)12-34-8-7-31-19-10-17(14-1-6-20-21(9-14)36-13-35-20)28-11-18(19)30-22(23(31)33)29-15-2-4-16(32)5-3-15/h1,6,9-11,15-16,32H,2-5,7-8,12-13H2,(H,29,30). The summed E-state index contributed by atoms with van der Waals surface area (Å²) in [6, 6.07) is 6.96. The first-order chi connectivity index (χ1) is 17.3. The van der Waals surface area contributed by atoms with Gasteiger partial charge in [0, 0.05) is 18.2 Å². The molecule has 0 saturated heterocycles. The normalized spacial score (nSPS) is 19.6. The van der Waals surface area contributed by atoms with Gasteiger partial charge in [-0.1, -0.05) is 0 Å². The lowest BCUT2D eigenvalue weighted by molar-refractivity contribution is -0.174. The van der Waals surface area contributed by atoms with Crippen molar-refractivity contribution >= 4 is 16.9 Å². The van der Waals surface area contributed by atoms with Crippen molar-refractivity contribution < 1.29 is 32.5 Å². The van der Waals surface area contributed by atoms with Gasteiger partial charge in [0.1, 0.15) is 12.1 Å². The van der Waals surface area contributed by atoms with Crippen molar-refractivity contribution in [1.82, 2.24) is 14.5 Å². The SMILES string of the molecule is O=c1c(NC2CCC(O)CC2)nc2cnc(-c3ccc4c(c3)OCO4)cc2n1CCOCC(F)(F)F.